The zero-order valence-corrected chi connectivity index (χ0v) is 31.7. The van der Waals surface area contributed by atoms with Crippen molar-refractivity contribution in [3.63, 3.8) is 0 Å². The molecule has 10 aromatic rings. The van der Waals surface area contributed by atoms with Gasteiger partial charge in [0.2, 0.25) is 0 Å². The summed E-state index contributed by atoms with van der Waals surface area (Å²) in [7, 11) is 0. The molecule has 0 amide bonds. The van der Waals surface area contributed by atoms with E-state index in [9.17, 15) is 0 Å². The molecule has 266 valence electrons. The lowest BCUT2D eigenvalue weighted by atomic mass is 9.84. The number of unbranched alkanes of at least 4 members (excludes halogenated alkanes) is 2. The molecule has 0 aliphatic rings. The Labute approximate surface area is 318 Å². The summed E-state index contributed by atoms with van der Waals surface area (Å²) >= 11 is 0. The van der Waals surface area contributed by atoms with Crippen molar-refractivity contribution in [2.45, 2.75) is 78.3 Å². The summed E-state index contributed by atoms with van der Waals surface area (Å²) in [6, 6.07) is 50.5. The quantitative estimate of drug-likeness (QED) is 0.0887. The van der Waals surface area contributed by atoms with Gasteiger partial charge in [-0.2, -0.15) is 0 Å². The zero-order chi connectivity index (χ0) is 36.2. The first-order chi connectivity index (χ1) is 26.7. The highest BCUT2D eigenvalue weighted by molar-refractivity contribution is 6.25. The van der Waals surface area contributed by atoms with Gasteiger partial charge < -0.3 is 9.13 Å². The maximum Gasteiger partial charge on any atom is 0.0491 e. The van der Waals surface area contributed by atoms with E-state index in [1.54, 1.807) is 0 Å². The molecule has 2 heterocycles. The number of nitrogens with zero attached hydrogens (tertiary/aromatic N) is 2. The van der Waals surface area contributed by atoms with Crippen LogP contribution in [-0.2, 0) is 38.8 Å². The number of hydrogen-bond donors (Lipinski definition) is 0. The molecule has 0 radical (unpaired) electrons. The first-order valence-electron chi connectivity index (χ1n) is 20.4. The standard InChI is InChI=1S/C52H48N2/c1-3-35-33-37(17-13-15-31-53-47-23-9-5-19-43(47)44-20-6-10-24-48(44)53)41-29-30-42-38(34-36(4-2)40-28-27-39(35)51(41)52(40)42)18-14-16-32-54-49-25-11-7-21-45(49)46-22-8-12-26-50(46)54/h5-12,19-30,33-34H,3-4,13-18,31-32H2,1-2H3. The summed E-state index contributed by atoms with van der Waals surface area (Å²) in [5.41, 5.74) is 11.4. The van der Waals surface area contributed by atoms with Crippen molar-refractivity contribution < 1.29 is 0 Å². The largest absolute Gasteiger partial charge is 0.340 e. The Morgan fingerprint density at radius 2 is 0.648 bits per heavy atom. The molecule has 0 N–H and O–H groups in total. The summed E-state index contributed by atoms with van der Waals surface area (Å²) < 4.78 is 5.09. The van der Waals surface area contributed by atoms with E-state index in [0.29, 0.717) is 0 Å². The van der Waals surface area contributed by atoms with E-state index in [1.807, 2.05) is 0 Å². The van der Waals surface area contributed by atoms with E-state index in [0.717, 1.165) is 51.6 Å². The smallest absolute Gasteiger partial charge is 0.0491 e. The molecule has 0 aliphatic carbocycles. The van der Waals surface area contributed by atoms with Crippen LogP contribution in [0.4, 0.5) is 0 Å². The average Bonchev–Trinajstić information content (AvgIpc) is 3.72. The normalized spacial score (nSPS) is 12.3. The third-order valence-electron chi connectivity index (χ3n) is 12.5. The Kier molecular flexibility index (Phi) is 8.36. The van der Waals surface area contributed by atoms with Crippen LogP contribution in [0.25, 0.3) is 75.9 Å². The van der Waals surface area contributed by atoms with Crippen LogP contribution in [0, 0.1) is 0 Å². The molecule has 2 aromatic heterocycles. The molecule has 2 nitrogen and oxygen atoms in total. The van der Waals surface area contributed by atoms with E-state index in [-0.39, 0.29) is 0 Å². The van der Waals surface area contributed by atoms with Crippen molar-refractivity contribution in [1.82, 2.24) is 9.13 Å². The topological polar surface area (TPSA) is 9.86 Å². The number of benzene rings is 8. The van der Waals surface area contributed by atoms with Gasteiger partial charge >= 0.3 is 0 Å². The average molecular weight is 701 g/mol. The Morgan fingerprint density at radius 1 is 0.333 bits per heavy atom. The fraction of sp³-hybridized carbons (Fsp3) is 0.231. The molecule has 0 saturated carbocycles. The first-order valence-corrected chi connectivity index (χ1v) is 20.4. The fourth-order valence-corrected chi connectivity index (χ4v) is 9.96. The second-order valence-corrected chi connectivity index (χ2v) is 15.5. The molecular weight excluding hydrogens is 653 g/mol. The van der Waals surface area contributed by atoms with Gasteiger partial charge in [0.25, 0.3) is 0 Å². The Balaban J connectivity index is 0.949. The van der Waals surface area contributed by atoms with Gasteiger partial charge in [0.1, 0.15) is 0 Å². The number of aromatic nitrogens is 2. The van der Waals surface area contributed by atoms with Crippen LogP contribution in [0.5, 0.6) is 0 Å². The van der Waals surface area contributed by atoms with Crippen molar-refractivity contribution in [3.8, 4) is 0 Å². The minimum absolute atomic E-state index is 1.04. The minimum atomic E-state index is 1.04. The third kappa shape index (κ3) is 5.29. The Morgan fingerprint density at radius 3 is 0.981 bits per heavy atom. The van der Waals surface area contributed by atoms with Gasteiger partial charge in [0.05, 0.1) is 0 Å². The lowest BCUT2D eigenvalue weighted by molar-refractivity contribution is 0.637. The van der Waals surface area contributed by atoms with Crippen LogP contribution < -0.4 is 0 Å². The van der Waals surface area contributed by atoms with Crippen LogP contribution in [0.2, 0.25) is 0 Å². The van der Waals surface area contributed by atoms with Crippen molar-refractivity contribution in [2.75, 3.05) is 0 Å². The summed E-state index contributed by atoms with van der Waals surface area (Å²) in [4.78, 5) is 0. The van der Waals surface area contributed by atoms with Gasteiger partial charge in [0, 0.05) is 56.7 Å². The van der Waals surface area contributed by atoms with E-state index in [2.05, 4.69) is 156 Å². The highest BCUT2D eigenvalue weighted by atomic mass is 15.0. The van der Waals surface area contributed by atoms with Crippen LogP contribution >= 0.6 is 0 Å². The van der Waals surface area contributed by atoms with Crippen LogP contribution in [0.1, 0.15) is 61.8 Å². The summed E-state index contributed by atoms with van der Waals surface area (Å²) in [5.74, 6) is 0. The van der Waals surface area contributed by atoms with Gasteiger partial charge in [0.15, 0.2) is 0 Å². The van der Waals surface area contributed by atoms with Crippen LogP contribution in [-0.4, -0.2) is 9.13 Å². The number of fused-ring (bicyclic) bond motifs is 6. The number of hydrogen-bond acceptors (Lipinski definition) is 0. The molecule has 8 aromatic carbocycles. The van der Waals surface area contributed by atoms with E-state index < -0.39 is 0 Å². The van der Waals surface area contributed by atoms with Gasteiger partial charge in [-0.25, -0.2) is 0 Å². The maximum absolute atomic E-state index is 2.54. The lowest BCUT2D eigenvalue weighted by Crippen LogP contribution is -2.01. The fourth-order valence-electron chi connectivity index (χ4n) is 9.96. The first kappa shape index (κ1) is 33.0. The van der Waals surface area contributed by atoms with E-state index >= 15 is 0 Å². The summed E-state index contributed by atoms with van der Waals surface area (Å²) in [6.45, 7) is 6.75. The molecule has 0 fully saturated rings. The highest BCUT2D eigenvalue weighted by Crippen LogP contribution is 2.42. The molecule has 10 rings (SSSR count). The van der Waals surface area contributed by atoms with Crippen LogP contribution in [0.15, 0.2) is 133 Å². The van der Waals surface area contributed by atoms with E-state index in [1.165, 1.54) is 111 Å². The molecule has 0 bridgehead atoms. The van der Waals surface area contributed by atoms with Gasteiger partial charge in [-0.1, -0.05) is 123 Å². The predicted molar refractivity (Wildman–Crippen MR) is 234 cm³/mol. The number of aryl methyl sites for hydroxylation is 6. The molecule has 2 heteroatoms. The van der Waals surface area contributed by atoms with Crippen molar-refractivity contribution in [1.29, 1.82) is 0 Å². The SMILES string of the molecule is CCc1cc(CCCCn2c3ccccc3c3ccccc32)c2ccc3c(CCCCn4c5ccccc5c5ccccc54)cc(CC)c4ccc1c2c43. The second-order valence-electron chi connectivity index (χ2n) is 15.5. The van der Waals surface area contributed by atoms with Crippen molar-refractivity contribution in [2.24, 2.45) is 0 Å². The van der Waals surface area contributed by atoms with E-state index in [4.69, 9.17) is 0 Å². The molecule has 0 spiro atoms. The monoisotopic (exact) mass is 700 g/mol. The molecule has 0 saturated heterocycles. The Hall–Kier alpha value is -5.60. The lowest BCUT2D eigenvalue weighted by Gasteiger charge is -2.20. The number of rotatable bonds is 12. The molecule has 0 atom stereocenters. The van der Waals surface area contributed by atoms with Gasteiger partial charge in [-0.05, 0) is 130 Å². The second kappa shape index (κ2) is 13.7. The molecular formula is C52H48N2. The van der Waals surface area contributed by atoms with Gasteiger partial charge in [-0.3, -0.25) is 0 Å². The predicted octanol–water partition coefficient (Wildman–Crippen LogP) is 14.0. The van der Waals surface area contributed by atoms with Gasteiger partial charge in [-0.15, -0.1) is 0 Å². The molecule has 54 heavy (non-hydrogen) atoms. The molecule has 0 aliphatic heterocycles. The minimum Gasteiger partial charge on any atom is -0.340 e. The summed E-state index contributed by atoms with van der Waals surface area (Å²) in [6.07, 6.45) is 8.98. The number of para-hydroxylation sites is 4. The van der Waals surface area contributed by atoms with Crippen molar-refractivity contribution >= 4 is 75.9 Å². The van der Waals surface area contributed by atoms with Crippen molar-refractivity contribution in [3.05, 3.63) is 156 Å². The highest BCUT2D eigenvalue weighted by Gasteiger charge is 2.18. The molecule has 0 unspecified atom stereocenters. The van der Waals surface area contributed by atoms with Crippen LogP contribution in [0.3, 0.4) is 0 Å². The summed E-state index contributed by atoms with van der Waals surface area (Å²) in [5, 5.41) is 14.3. The zero-order valence-electron chi connectivity index (χ0n) is 31.7. The Bertz CT molecular complexity index is 2660. The maximum atomic E-state index is 2.54. The third-order valence-corrected chi connectivity index (χ3v) is 12.5.